The number of ether oxygens (including phenoxy) is 1. The highest BCUT2D eigenvalue weighted by Gasteiger charge is 2.25. The van der Waals surface area contributed by atoms with Gasteiger partial charge in [0, 0.05) is 19.1 Å². The first-order valence-electron chi connectivity index (χ1n) is 5.98. The summed E-state index contributed by atoms with van der Waals surface area (Å²) in [6, 6.07) is 2.08. The van der Waals surface area contributed by atoms with Crippen LogP contribution in [0.4, 0.5) is 15.8 Å². The summed E-state index contributed by atoms with van der Waals surface area (Å²) in [4.78, 5) is 10.2. The maximum absolute atomic E-state index is 13.2. The second-order valence-corrected chi connectivity index (χ2v) is 4.95. The first-order chi connectivity index (χ1) is 8.99. The third-order valence-electron chi connectivity index (χ3n) is 3.32. The van der Waals surface area contributed by atoms with Crippen LogP contribution in [0.1, 0.15) is 13.3 Å². The molecule has 0 bridgehead atoms. The molecule has 7 heteroatoms. The van der Waals surface area contributed by atoms with Crippen molar-refractivity contribution in [3.8, 4) is 0 Å². The highest BCUT2D eigenvalue weighted by atomic mass is 35.5. The molecule has 1 aromatic carbocycles. The Morgan fingerprint density at radius 1 is 1.63 bits per heavy atom. The zero-order valence-electron chi connectivity index (χ0n) is 10.4. The number of nitrogens with zero attached hydrogens (tertiary/aromatic N) is 1. The molecule has 19 heavy (non-hydrogen) atoms. The average Bonchev–Trinajstić information content (AvgIpc) is 2.75. The zero-order chi connectivity index (χ0) is 14.0. The summed E-state index contributed by atoms with van der Waals surface area (Å²) in [5, 5.41) is 13.7. The molecule has 0 aromatic heterocycles. The topological polar surface area (TPSA) is 64.4 Å². The Morgan fingerprint density at radius 2 is 2.37 bits per heavy atom. The summed E-state index contributed by atoms with van der Waals surface area (Å²) < 4.78 is 18.7. The first kappa shape index (κ1) is 14.0. The number of nitro groups is 1. The lowest BCUT2D eigenvalue weighted by Crippen LogP contribution is -2.21. The van der Waals surface area contributed by atoms with Gasteiger partial charge in [-0.15, -0.1) is 0 Å². The Balaban J connectivity index is 2.14. The van der Waals surface area contributed by atoms with Crippen molar-refractivity contribution in [3.05, 3.63) is 33.1 Å². The van der Waals surface area contributed by atoms with E-state index in [0.717, 1.165) is 12.5 Å². The maximum Gasteiger partial charge on any atom is 0.295 e. The molecule has 104 valence electrons. The van der Waals surface area contributed by atoms with Gasteiger partial charge in [0.25, 0.3) is 5.69 Å². The zero-order valence-corrected chi connectivity index (χ0v) is 11.1. The van der Waals surface area contributed by atoms with E-state index in [9.17, 15) is 14.5 Å². The third kappa shape index (κ3) is 3.13. The van der Waals surface area contributed by atoms with Gasteiger partial charge in [-0.1, -0.05) is 11.6 Å². The fraction of sp³-hybridized carbons (Fsp3) is 0.500. The van der Waals surface area contributed by atoms with Gasteiger partial charge >= 0.3 is 0 Å². The van der Waals surface area contributed by atoms with Crippen LogP contribution in [-0.2, 0) is 4.74 Å². The molecule has 0 saturated carbocycles. The highest BCUT2D eigenvalue weighted by Crippen LogP contribution is 2.31. The molecule has 0 aliphatic carbocycles. The van der Waals surface area contributed by atoms with Gasteiger partial charge in [0.1, 0.15) is 11.5 Å². The summed E-state index contributed by atoms with van der Waals surface area (Å²) in [5.74, 6) is -0.514. The lowest BCUT2D eigenvalue weighted by atomic mass is 10.0. The molecule has 0 spiro atoms. The lowest BCUT2D eigenvalue weighted by Gasteiger charge is -2.15. The Bertz CT molecular complexity index is 498. The van der Waals surface area contributed by atoms with Crippen LogP contribution in [0, 0.1) is 21.8 Å². The van der Waals surface area contributed by atoms with E-state index in [0.29, 0.717) is 13.2 Å². The number of halogens is 2. The van der Waals surface area contributed by atoms with Crippen LogP contribution in [0.15, 0.2) is 12.1 Å². The van der Waals surface area contributed by atoms with Gasteiger partial charge < -0.3 is 10.1 Å². The van der Waals surface area contributed by atoms with Gasteiger partial charge in [-0.2, -0.15) is 0 Å². The molecule has 0 amide bonds. The van der Waals surface area contributed by atoms with Gasteiger partial charge in [-0.05, 0) is 19.4 Å². The van der Waals surface area contributed by atoms with Crippen molar-refractivity contribution >= 4 is 23.0 Å². The Hall–Kier alpha value is -1.40. The molecule has 2 atom stereocenters. The SMILES string of the molecule is CC1OCCC1CNc1cc(Cl)c(F)cc1[N+](=O)[O-]. The number of rotatable bonds is 4. The molecule has 1 heterocycles. The molecule has 2 rings (SSSR count). The third-order valence-corrected chi connectivity index (χ3v) is 3.61. The fourth-order valence-corrected chi connectivity index (χ4v) is 2.28. The number of anilines is 1. The molecule has 1 fully saturated rings. The fourth-order valence-electron chi connectivity index (χ4n) is 2.11. The Morgan fingerprint density at radius 3 is 2.95 bits per heavy atom. The van der Waals surface area contributed by atoms with Crippen LogP contribution in [0.2, 0.25) is 5.02 Å². The van der Waals surface area contributed by atoms with E-state index in [1.807, 2.05) is 6.92 Å². The number of benzene rings is 1. The minimum Gasteiger partial charge on any atom is -0.379 e. The van der Waals surface area contributed by atoms with E-state index in [-0.39, 0.29) is 28.4 Å². The van der Waals surface area contributed by atoms with Crippen LogP contribution in [0.25, 0.3) is 0 Å². The largest absolute Gasteiger partial charge is 0.379 e. The van der Waals surface area contributed by atoms with Crippen molar-refractivity contribution in [3.63, 3.8) is 0 Å². The van der Waals surface area contributed by atoms with Gasteiger partial charge in [0.15, 0.2) is 0 Å². The van der Waals surface area contributed by atoms with E-state index < -0.39 is 10.7 Å². The van der Waals surface area contributed by atoms with Crippen LogP contribution in [0.3, 0.4) is 0 Å². The highest BCUT2D eigenvalue weighted by molar-refractivity contribution is 6.31. The van der Waals surface area contributed by atoms with Crippen molar-refractivity contribution in [2.24, 2.45) is 5.92 Å². The molecule has 2 unspecified atom stereocenters. The van der Waals surface area contributed by atoms with E-state index in [1.165, 1.54) is 6.07 Å². The smallest absolute Gasteiger partial charge is 0.295 e. The summed E-state index contributed by atoms with van der Waals surface area (Å²) in [7, 11) is 0. The average molecular weight is 289 g/mol. The summed E-state index contributed by atoms with van der Waals surface area (Å²) in [5.41, 5.74) is -0.0797. The van der Waals surface area contributed by atoms with Crippen molar-refractivity contribution in [1.82, 2.24) is 0 Å². The number of hydrogen-bond acceptors (Lipinski definition) is 4. The second-order valence-electron chi connectivity index (χ2n) is 4.55. The van der Waals surface area contributed by atoms with Crippen molar-refractivity contribution in [2.45, 2.75) is 19.4 Å². The van der Waals surface area contributed by atoms with Crippen LogP contribution in [-0.4, -0.2) is 24.2 Å². The standard InChI is InChI=1S/C12H14ClFN2O3/c1-7-8(2-3-19-7)6-15-11-4-9(13)10(14)5-12(11)16(17)18/h4-5,7-8,15H,2-3,6H2,1H3. The Kier molecular flexibility index (Phi) is 4.21. The molecule has 1 aromatic rings. The molecule has 1 aliphatic heterocycles. The molecule has 1 aliphatic rings. The van der Waals surface area contributed by atoms with Gasteiger partial charge in [-0.3, -0.25) is 10.1 Å². The van der Waals surface area contributed by atoms with E-state index in [1.54, 1.807) is 0 Å². The van der Waals surface area contributed by atoms with E-state index >= 15 is 0 Å². The molecular weight excluding hydrogens is 275 g/mol. The number of nitro benzene ring substituents is 1. The normalized spacial score (nSPS) is 22.5. The van der Waals surface area contributed by atoms with Crippen molar-refractivity contribution < 1.29 is 14.1 Å². The lowest BCUT2D eigenvalue weighted by molar-refractivity contribution is -0.384. The Labute approximate surface area is 114 Å². The van der Waals surface area contributed by atoms with Gasteiger partial charge in [0.2, 0.25) is 0 Å². The van der Waals surface area contributed by atoms with E-state index in [2.05, 4.69) is 5.32 Å². The quantitative estimate of drug-likeness (QED) is 0.682. The monoisotopic (exact) mass is 288 g/mol. The molecule has 0 radical (unpaired) electrons. The molecule has 5 nitrogen and oxygen atoms in total. The molecular formula is C12H14ClFN2O3. The minimum atomic E-state index is -0.795. The van der Waals surface area contributed by atoms with E-state index in [4.69, 9.17) is 16.3 Å². The van der Waals surface area contributed by atoms with Gasteiger partial charge in [-0.25, -0.2) is 4.39 Å². The van der Waals surface area contributed by atoms with Crippen molar-refractivity contribution in [1.29, 1.82) is 0 Å². The van der Waals surface area contributed by atoms with Crippen LogP contribution in [0.5, 0.6) is 0 Å². The summed E-state index contributed by atoms with van der Waals surface area (Å²) in [6.07, 6.45) is 1.01. The molecule has 1 N–H and O–H groups in total. The summed E-state index contributed by atoms with van der Waals surface area (Å²) in [6.45, 7) is 3.19. The molecule has 1 saturated heterocycles. The van der Waals surface area contributed by atoms with Gasteiger partial charge in [0.05, 0.1) is 22.1 Å². The number of nitrogens with one attached hydrogen (secondary N) is 1. The maximum atomic E-state index is 13.2. The van der Waals surface area contributed by atoms with Crippen LogP contribution >= 0.6 is 11.6 Å². The van der Waals surface area contributed by atoms with Crippen LogP contribution < -0.4 is 5.32 Å². The predicted molar refractivity (Wildman–Crippen MR) is 70.1 cm³/mol. The van der Waals surface area contributed by atoms with Crippen molar-refractivity contribution in [2.75, 3.05) is 18.5 Å². The second kappa shape index (κ2) is 5.71. The minimum absolute atomic E-state index is 0.113. The predicted octanol–water partition coefficient (Wildman–Crippen LogP) is 3.22. The first-order valence-corrected chi connectivity index (χ1v) is 6.35. The summed E-state index contributed by atoms with van der Waals surface area (Å²) >= 11 is 5.65. The number of hydrogen-bond donors (Lipinski definition) is 1.